The van der Waals surface area contributed by atoms with Gasteiger partial charge in [-0.05, 0) is 6.92 Å². The highest BCUT2D eigenvalue weighted by Crippen LogP contribution is 2.13. The fraction of sp³-hybridized carbons (Fsp3) is 0.273. The zero-order valence-electron chi connectivity index (χ0n) is 8.98. The number of rotatable bonds is 5. The number of hydrogen-bond acceptors (Lipinski definition) is 4. The molecule has 0 amide bonds. The highest BCUT2D eigenvalue weighted by atomic mass is 15.2. The lowest BCUT2D eigenvalue weighted by Crippen LogP contribution is -2.24. The molecule has 1 rings (SSSR count). The molecule has 4 heteroatoms. The van der Waals surface area contributed by atoms with Gasteiger partial charge in [-0.1, -0.05) is 12.2 Å². The standard InChI is InChI=1S/C11H16N4/c1-4-6-15(7-5-2)11-8-10(12)13-9(3)14-11/h4-5,8H,1-2,6-7H2,3H3,(H2,12,13,14). The minimum Gasteiger partial charge on any atom is -0.384 e. The molecule has 4 nitrogen and oxygen atoms in total. The summed E-state index contributed by atoms with van der Waals surface area (Å²) in [5.41, 5.74) is 5.66. The predicted molar refractivity (Wildman–Crippen MR) is 63.8 cm³/mol. The van der Waals surface area contributed by atoms with Gasteiger partial charge in [0, 0.05) is 19.2 Å². The van der Waals surface area contributed by atoms with Gasteiger partial charge in [-0.15, -0.1) is 13.2 Å². The van der Waals surface area contributed by atoms with Crippen LogP contribution >= 0.6 is 0 Å². The summed E-state index contributed by atoms with van der Waals surface area (Å²) in [6.45, 7) is 10.6. The third-order valence-electron chi connectivity index (χ3n) is 1.87. The molecule has 0 fully saturated rings. The molecule has 0 unspecified atom stereocenters. The lowest BCUT2D eigenvalue weighted by molar-refractivity contribution is 0.904. The van der Waals surface area contributed by atoms with Gasteiger partial charge in [0.15, 0.2) is 0 Å². The molecule has 0 aliphatic rings. The van der Waals surface area contributed by atoms with Gasteiger partial charge in [0.1, 0.15) is 17.5 Å². The average molecular weight is 204 g/mol. The van der Waals surface area contributed by atoms with Crippen LogP contribution in [-0.4, -0.2) is 23.1 Å². The van der Waals surface area contributed by atoms with Crippen LogP contribution in [-0.2, 0) is 0 Å². The molecule has 0 aliphatic carbocycles. The minimum atomic E-state index is 0.482. The summed E-state index contributed by atoms with van der Waals surface area (Å²) < 4.78 is 0. The molecule has 0 bridgehead atoms. The molecule has 0 aliphatic heterocycles. The van der Waals surface area contributed by atoms with Crippen LogP contribution in [0.3, 0.4) is 0 Å². The van der Waals surface area contributed by atoms with E-state index in [9.17, 15) is 0 Å². The first kappa shape index (κ1) is 11.2. The molecule has 80 valence electrons. The van der Waals surface area contributed by atoms with Crippen LogP contribution in [0.4, 0.5) is 11.6 Å². The average Bonchev–Trinajstić information content (AvgIpc) is 2.16. The highest BCUT2D eigenvalue weighted by Gasteiger charge is 2.06. The van der Waals surface area contributed by atoms with Crippen LogP contribution in [0.25, 0.3) is 0 Å². The maximum Gasteiger partial charge on any atom is 0.134 e. The Labute approximate surface area is 90.1 Å². The Kier molecular flexibility index (Phi) is 3.85. The number of aromatic nitrogens is 2. The van der Waals surface area contributed by atoms with Gasteiger partial charge in [-0.2, -0.15) is 0 Å². The van der Waals surface area contributed by atoms with Crippen molar-refractivity contribution in [2.75, 3.05) is 23.7 Å². The summed E-state index contributed by atoms with van der Waals surface area (Å²) in [5.74, 6) is 1.96. The summed E-state index contributed by atoms with van der Waals surface area (Å²) in [7, 11) is 0. The monoisotopic (exact) mass is 204 g/mol. The predicted octanol–water partition coefficient (Wildman–Crippen LogP) is 1.55. The van der Waals surface area contributed by atoms with E-state index >= 15 is 0 Å². The Bertz CT molecular complexity index is 329. The number of aryl methyl sites for hydroxylation is 1. The van der Waals surface area contributed by atoms with E-state index in [2.05, 4.69) is 23.1 Å². The number of anilines is 2. The molecule has 0 spiro atoms. The van der Waals surface area contributed by atoms with Gasteiger partial charge < -0.3 is 10.6 Å². The summed E-state index contributed by atoms with van der Waals surface area (Å²) >= 11 is 0. The van der Waals surface area contributed by atoms with Crippen LogP contribution in [0.2, 0.25) is 0 Å². The van der Waals surface area contributed by atoms with Crippen molar-refractivity contribution in [3.63, 3.8) is 0 Å². The first-order valence-electron chi connectivity index (χ1n) is 4.75. The second kappa shape index (κ2) is 5.14. The van der Waals surface area contributed by atoms with Crippen molar-refractivity contribution in [3.8, 4) is 0 Å². The van der Waals surface area contributed by atoms with Crippen molar-refractivity contribution in [1.82, 2.24) is 9.97 Å². The molecule has 0 saturated carbocycles. The topological polar surface area (TPSA) is 55.0 Å². The van der Waals surface area contributed by atoms with E-state index in [1.807, 2.05) is 24.0 Å². The maximum absolute atomic E-state index is 5.66. The Morgan fingerprint density at radius 3 is 2.40 bits per heavy atom. The van der Waals surface area contributed by atoms with Gasteiger partial charge in [0.2, 0.25) is 0 Å². The summed E-state index contributed by atoms with van der Waals surface area (Å²) in [6, 6.07) is 1.75. The lowest BCUT2D eigenvalue weighted by atomic mass is 10.4. The van der Waals surface area contributed by atoms with Gasteiger partial charge in [0.05, 0.1) is 0 Å². The van der Waals surface area contributed by atoms with Crippen molar-refractivity contribution < 1.29 is 0 Å². The van der Waals surface area contributed by atoms with Gasteiger partial charge in [-0.3, -0.25) is 0 Å². The van der Waals surface area contributed by atoms with E-state index in [0.29, 0.717) is 24.7 Å². The second-order valence-electron chi connectivity index (χ2n) is 3.18. The van der Waals surface area contributed by atoms with E-state index in [-0.39, 0.29) is 0 Å². The molecular formula is C11H16N4. The first-order chi connectivity index (χ1) is 7.17. The van der Waals surface area contributed by atoms with Crippen LogP contribution in [0, 0.1) is 6.92 Å². The maximum atomic E-state index is 5.66. The Morgan fingerprint density at radius 1 is 1.33 bits per heavy atom. The Hall–Kier alpha value is -1.84. The molecule has 0 radical (unpaired) electrons. The van der Waals surface area contributed by atoms with E-state index in [0.717, 1.165) is 5.82 Å². The fourth-order valence-electron chi connectivity index (χ4n) is 1.31. The number of hydrogen-bond donors (Lipinski definition) is 1. The number of nitrogen functional groups attached to an aromatic ring is 1. The Balaban J connectivity index is 2.98. The smallest absolute Gasteiger partial charge is 0.134 e. The van der Waals surface area contributed by atoms with Crippen LogP contribution in [0.1, 0.15) is 5.82 Å². The zero-order valence-corrected chi connectivity index (χ0v) is 8.98. The lowest BCUT2D eigenvalue weighted by Gasteiger charge is -2.20. The van der Waals surface area contributed by atoms with E-state index in [1.165, 1.54) is 0 Å². The highest BCUT2D eigenvalue weighted by molar-refractivity contribution is 5.47. The largest absolute Gasteiger partial charge is 0.384 e. The fourth-order valence-corrected chi connectivity index (χ4v) is 1.31. The molecule has 15 heavy (non-hydrogen) atoms. The van der Waals surface area contributed by atoms with Gasteiger partial charge in [0.25, 0.3) is 0 Å². The third kappa shape index (κ3) is 3.09. The Morgan fingerprint density at radius 2 is 1.93 bits per heavy atom. The molecule has 1 aromatic heterocycles. The summed E-state index contributed by atoms with van der Waals surface area (Å²) in [4.78, 5) is 10.4. The van der Waals surface area contributed by atoms with Crippen molar-refractivity contribution >= 4 is 11.6 Å². The number of nitrogens with zero attached hydrogens (tertiary/aromatic N) is 3. The van der Waals surface area contributed by atoms with E-state index in [4.69, 9.17) is 5.73 Å². The minimum absolute atomic E-state index is 0.482. The van der Waals surface area contributed by atoms with Crippen LogP contribution in [0.15, 0.2) is 31.4 Å². The summed E-state index contributed by atoms with van der Waals surface area (Å²) in [6.07, 6.45) is 3.63. The molecule has 2 N–H and O–H groups in total. The number of nitrogens with two attached hydrogens (primary N) is 1. The molecule has 0 saturated heterocycles. The quantitative estimate of drug-likeness (QED) is 0.739. The first-order valence-corrected chi connectivity index (χ1v) is 4.75. The van der Waals surface area contributed by atoms with Gasteiger partial charge >= 0.3 is 0 Å². The molecule has 1 heterocycles. The normalized spacial score (nSPS) is 9.67. The van der Waals surface area contributed by atoms with Crippen molar-refractivity contribution in [2.45, 2.75) is 6.92 Å². The van der Waals surface area contributed by atoms with Crippen molar-refractivity contribution in [3.05, 3.63) is 37.2 Å². The zero-order chi connectivity index (χ0) is 11.3. The van der Waals surface area contributed by atoms with Gasteiger partial charge in [-0.25, -0.2) is 9.97 Å². The summed E-state index contributed by atoms with van der Waals surface area (Å²) in [5, 5.41) is 0. The molecular weight excluding hydrogens is 188 g/mol. The van der Waals surface area contributed by atoms with E-state index in [1.54, 1.807) is 6.07 Å². The molecule has 0 aromatic carbocycles. The second-order valence-corrected chi connectivity index (χ2v) is 3.18. The van der Waals surface area contributed by atoms with Crippen molar-refractivity contribution in [2.24, 2.45) is 0 Å². The van der Waals surface area contributed by atoms with Crippen LogP contribution < -0.4 is 10.6 Å². The third-order valence-corrected chi connectivity index (χ3v) is 1.87. The SMILES string of the molecule is C=CCN(CC=C)c1cc(N)nc(C)n1. The van der Waals surface area contributed by atoms with Crippen LogP contribution in [0.5, 0.6) is 0 Å². The molecule has 1 aromatic rings. The van der Waals surface area contributed by atoms with Crippen molar-refractivity contribution in [1.29, 1.82) is 0 Å². The van der Waals surface area contributed by atoms with E-state index < -0.39 is 0 Å². The molecule has 0 atom stereocenters.